The zero-order valence-electron chi connectivity index (χ0n) is 22.5. The standard InChI is InChI=1S/C30H35F3N4O2/c1-21-22(2)28(39-19-5-16-36-15-4-14-34-36)13-12-26(21)27-7-3-6-25-20-35(17-18-37(25)27)29(38)23-8-10-24(11-9-23)30(31,32)33/h4,8-15,25,27H,3,5-7,16-20H2,1-2H3/t25-,27?/m0/s1. The molecule has 1 unspecified atom stereocenters. The summed E-state index contributed by atoms with van der Waals surface area (Å²) < 4.78 is 46.8. The molecule has 3 aromatic rings. The van der Waals surface area contributed by atoms with Crippen LogP contribution in [0.15, 0.2) is 54.9 Å². The summed E-state index contributed by atoms with van der Waals surface area (Å²) in [6.07, 6.45) is 3.33. The zero-order valence-corrected chi connectivity index (χ0v) is 22.5. The third-order valence-electron chi connectivity index (χ3n) is 8.18. The minimum Gasteiger partial charge on any atom is -0.493 e. The second kappa shape index (κ2) is 11.4. The molecule has 0 N–H and O–H groups in total. The van der Waals surface area contributed by atoms with E-state index in [1.165, 1.54) is 23.3 Å². The molecule has 9 heteroatoms. The molecule has 2 atom stereocenters. The van der Waals surface area contributed by atoms with Crippen LogP contribution in [-0.4, -0.2) is 57.8 Å². The number of halogens is 3. The molecule has 1 aromatic heterocycles. The van der Waals surface area contributed by atoms with Gasteiger partial charge in [0.25, 0.3) is 5.91 Å². The van der Waals surface area contributed by atoms with Crippen LogP contribution in [0.25, 0.3) is 0 Å². The number of nitrogens with zero attached hydrogens (tertiary/aromatic N) is 4. The molecule has 2 aliphatic heterocycles. The third kappa shape index (κ3) is 5.98. The van der Waals surface area contributed by atoms with Gasteiger partial charge >= 0.3 is 6.18 Å². The predicted molar refractivity (Wildman–Crippen MR) is 143 cm³/mol. The van der Waals surface area contributed by atoms with Crippen molar-refractivity contribution in [2.45, 2.75) is 64.3 Å². The first-order chi connectivity index (χ1) is 18.7. The molecule has 39 heavy (non-hydrogen) atoms. The molecule has 2 aliphatic rings. The fraction of sp³-hybridized carbons (Fsp3) is 0.467. The highest BCUT2D eigenvalue weighted by molar-refractivity contribution is 5.94. The topological polar surface area (TPSA) is 50.6 Å². The van der Waals surface area contributed by atoms with E-state index in [0.717, 1.165) is 62.2 Å². The lowest BCUT2D eigenvalue weighted by Crippen LogP contribution is -2.57. The number of hydrogen-bond acceptors (Lipinski definition) is 4. The van der Waals surface area contributed by atoms with Crippen molar-refractivity contribution in [3.05, 3.63) is 82.7 Å². The molecule has 0 radical (unpaired) electrons. The smallest absolute Gasteiger partial charge is 0.416 e. The predicted octanol–water partition coefficient (Wildman–Crippen LogP) is 6.04. The van der Waals surface area contributed by atoms with E-state index in [1.807, 2.05) is 16.9 Å². The highest BCUT2D eigenvalue weighted by Gasteiger charge is 2.38. The SMILES string of the molecule is Cc1c(OCCCn2cccn2)ccc(C2CCC[C@H]3CN(C(=O)c4ccc(C(F)(F)F)cc4)CCN23)c1C. The Labute approximate surface area is 227 Å². The molecular weight excluding hydrogens is 505 g/mol. The molecule has 3 heterocycles. The van der Waals surface area contributed by atoms with Gasteiger partial charge in [-0.15, -0.1) is 0 Å². The maximum absolute atomic E-state index is 13.1. The molecule has 5 rings (SSSR count). The number of fused-ring (bicyclic) bond motifs is 1. The number of aryl methyl sites for hydroxylation is 1. The Balaban J connectivity index is 1.22. The van der Waals surface area contributed by atoms with Crippen LogP contribution in [-0.2, 0) is 12.7 Å². The number of piperazine rings is 1. The Morgan fingerprint density at radius 1 is 1.05 bits per heavy atom. The first-order valence-electron chi connectivity index (χ1n) is 13.6. The number of carbonyl (C=O) groups is 1. The van der Waals surface area contributed by atoms with Gasteiger partial charge in [0.05, 0.1) is 12.2 Å². The summed E-state index contributed by atoms with van der Waals surface area (Å²) in [6.45, 7) is 7.61. The number of benzene rings is 2. The van der Waals surface area contributed by atoms with Gasteiger partial charge in [0.15, 0.2) is 0 Å². The molecule has 0 aliphatic carbocycles. The molecule has 2 aromatic carbocycles. The first kappa shape index (κ1) is 27.2. The summed E-state index contributed by atoms with van der Waals surface area (Å²) in [5, 5.41) is 4.23. The van der Waals surface area contributed by atoms with Crippen molar-refractivity contribution in [3.63, 3.8) is 0 Å². The number of alkyl halides is 3. The molecule has 1 amide bonds. The lowest BCUT2D eigenvalue weighted by atomic mass is 9.86. The van der Waals surface area contributed by atoms with Gasteiger partial charge in [-0.1, -0.05) is 6.07 Å². The van der Waals surface area contributed by atoms with E-state index in [0.29, 0.717) is 25.3 Å². The van der Waals surface area contributed by atoms with Gasteiger partial charge in [-0.25, -0.2) is 0 Å². The van der Waals surface area contributed by atoms with Gasteiger partial charge in [-0.2, -0.15) is 18.3 Å². The first-order valence-corrected chi connectivity index (χ1v) is 13.6. The number of hydrogen-bond donors (Lipinski definition) is 0. The van der Waals surface area contributed by atoms with Crippen LogP contribution in [0.2, 0.25) is 0 Å². The van der Waals surface area contributed by atoms with Crippen LogP contribution >= 0.6 is 0 Å². The maximum Gasteiger partial charge on any atom is 0.416 e. The summed E-state index contributed by atoms with van der Waals surface area (Å²) in [4.78, 5) is 17.4. The second-order valence-corrected chi connectivity index (χ2v) is 10.5. The van der Waals surface area contributed by atoms with E-state index in [1.54, 1.807) is 11.1 Å². The lowest BCUT2D eigenvalue weighted by molar-refractivity contribution is -0.137. The second-order valence-electron chi connectivity index (χ2n) is 10.5. The molecule has 208 valence electrons. The fourth-order valence-corrected chi connectivity index (χ4v) is 5.93. The van der Waals surface area contributed by atoms with E-state index < -0.39 is 11.7 Å². The van der Waals surface area contributed by atoms with Crippen LogP contribution in [0, 0.1) is 13.8 Å². The van der Waals surface area contributed by atoms with E-state index in [-0.39, 0.29) is 18.0 Å². The van der Waals surface area contributed by atoms with Crippen LogP contribution in [0.5, 0.6) is 5.75 Å². The monoisotopic (exact) mass is 540 g/mol. The Morgan fingerprint density at radius 2 is 1.85 bits per heavy atom. The lowest BCUT2D eigenvalue weighted by Gasteiger charge is -2.49. The van der Waals surface area contributed by atoms with Crippen molar-refractivity contribution in [2.24, 2.45) is 0 Å². The van der Waals surface area contributed by atoms with Gasteiger partial charge in [0.1, 0.15) is 5.75 Å². The van der Waals surface area contributed by atoms with Crippen molar-refractivity contribution in [3.8, 4) is 5.75 Å². The number of aromatic nitrogens is 2. The zero-order chi connectivity index (χ0) is 27.6. The number of piperidine rings is 1. The minimum atomic E-state index is -4.41. The third-order valence-corrected chi connectivity index (χ3v) is 8.18. The minimum absolute atomic E-state index is 0.202. The summed E-state index contributed by atoms with van der Waals surface area (Å²) in [7, 11) is 0. The largest absolute Gasteiger partial charge is 0.493 e. The van der Waals surface area contributed by atoms with Gasteiger partial charge in [0, 0.05) is 62.6 Å². The Morgan fingerprint density at radius 3 is 2.56 bits per heavy atom. The Hall–Kier alpha value is -3.33. The number of rotatable bonds is 7. The van der Waals surface area contributed by atoms with Crippen molar-refractivity contribution in [1.29, 1.82) is 0 Å². The average molecular weight is 541 g/mol. The van der Waals surface area contributed by atoms with Crippen LogP contribution in [0.4, 0.5) is 13.2 Å². The van der Waals surface area contributed by atoms with Crippen LogP contribution in [0.1, 0.15) is 64.3 Å². The van der Waals surface area contributed by atoms with Gasteiger partial charge in [0.2, 0.25) is 0 Å². The normalized spacial score (nSPS) is 20.1. The van der Waals surface area contributed by atoms with E-state index in [2.05, 4.69) is 36.0 Å². The number of ether oxygens (including phenoxy) is 1. The quantitative estimate of drug-likeness (QED) is 0.343. The van der Waals surface area contributed by atoms with Crippen molar-refractivity contribution >= 4 is 5.91 Å². The summed E-state index contributed by atoms with van der Waals surface area (Å²) >= 11 is 0. The summed E-state index contributed by atoms with van der Waals surface area (Å²) in [5.74, 6) is 0.711. The summed E-state index contributed by atoms with van der Waals surface area (Å²) in [6, 6.07) is 11.2. The number of amides is 1. The number of carbonyl (C=O) groups excluding carboxylic acids is 1. The highest BCUT2D eigenvalue weighted by atomic mass is 19.4. The molecule has 0 bridgehead atoms. The van der Waals surface area contributed by atoms with Crippen molar-refractivity contribution in [2.75, 3.05) is 26.2 Å². The van der Waals surface area contributed by atoms with Crippen LogP contribution in [0.3, 0.4) is 0 Å². The fourth-order valence-electron chi connectivity index (χ4n) is 5.93. The molecular formula is C30H35F3N4O2. The van der Waals surface area contributed by atoms with E-state index in [4.69, 9.17) is 4.74 Å². The van der Waals surface area contributed by atoms with E-state index in [9.17, 15) is 18.0 Å². The molecule has 0 saturated carbocycles. The van der Waals surface area contributed by atoms with Gasteiger partial charge < -0.3 is 9.64 Å². The maximum atomic E-state index is 13.1. The van der Waals surface area contributed by atoms with E-state index >= 15 is 0 Å². The van der Waals surface area contributed by atoms with Crippen molar-refractivity contribution in [1.82, 2.24) is 19.6 Å². The molecule has 0 spiro atoms. The molecule has 2 saturated heterocycles. The highest BCUT2D eigenvalue weighted by Crippen LogP contribution is 2.40. The van der Waals surface area contributed by atoms with Crippen LogP contribution < -0.4 is 4.74 Å². The van der Waals surface area contributed by atoms with Gasteiger partial charge in [-0.05, 0) is 86.2 Å². The molecule has 6 nitrogen and oxygen atoms in total. The van der Waals surface area contributed by atoms with Crippen molar-refractivity contribution < 1.29 is 22.7 Å². The average Bonchev–Trinajstić information content (AvgIpc) is 3.46. The summed E-state index contributed by atoms with van der Waals surface area (Å²) in [5.41, 5.74) is 3.27. The Kier molecular flexibility index (Phi) is 7.98. The molecule has 2 fully saturated rings. The Bertz CT molecular complexity index is 1270. The van der Waals surface area contributed by atoms with Gasteiger partial charge in [-0.3, -0.25) is 14.4 Å².